The molecule has 19 heavy (non-hydrogen) atoms. The number of aromatic nitrogens is 1. The van der Waals surface area contributed by atoms with Gasteiger partial charge in [0.15, 0.2) is 0 Å². The molecule has 0 saturated carbocycles. The molecule has 2 heteroatoms. The topological polar surface area (TPSA) is 15.8 Å². The summed E-state index contributed by atoms with van der Waals surface area (Å²) in [5.41, 5.74) is 2.73. The Bertz CT molecular complexity index is 507. The molecule has 1 N–H and O–H groups in total. The van der Waals surface area contributed by atoms with E-state index >= 15 is 0 Å². The van der Waals surface area contributed by atoms with Crippen molar-refractivity contribution in [3.63, 3.8) is 0 Å². The monoisotopic (exact) mass is 259 g/mol. The van der Waals surface area contributed by atoms with Gasteiger partial charge in [0.2, 0.25) is 0 Å². The van der Waals surface area contributed by atoms with Gasteiger partial charge in [0, 0.05) is 23.5 Å². The summed E-state index contributed by atoms with van der Waals surface area (Å²) in [5.74, 6) is 0. The highest BCUT2D eigenvalue weighted by atomic mass is 15.3. The maximum absolute atomic E-state index is 3.38. The second kappa shape index (κ2) is 6.25. The summed E-state index contributed by atoms with van der Waals surface area (Å²) in [6.07, 6.45) is 5.89. The van der Waals surface area contributed by atoms with Crippen LogP contribution in [-0.4, -0.2) is 36.1 Å². The number of quaternary nitrogens is 1. The maximum Gasteiger partial charge on any atom is 0.0826 e. The first-order valence-electron chi connectivity index (χ1n) is 7.57. The number of hydrogen-bond acceptors (Lipinski definition) is 0. The summed E-state index contributed by atoms with van der Waals surface area (Å²) in [7, 11) is 2.40. The summed E-state index contributed by atoms with van der Waals surface area (Å²) in [5, 5.41) is 1.39. The molecule has 104 valence electrons. The number of nitrogens with one attached hydrogen (secondary N) is 1. The number of benzene rings is 1. The van der Waals surface area contributed by atoms with Crippen LogP contribution in [0.2, 0.25) is 0 Å². The van der Waals surface area contributed by atoms with E-state index in [9.17, 15) is 0 Å². The number of likely N-dealkylation sites (N-methyl/N-ethyl adjacent to an activating group) is 1. The Morgan fingerprint density at radius 1 is 1.00 bits per heavy atom. The van der Waals surface area contributed by atoms with Gasteiger partial charge in [-0.1, -0.05) is 32.0 Å². The van der Waals surface area contributed by atoms with Gasteiger partial charge in [-0.3, -0.25) is 0 Å². The van der Waals surface area contributed by atoms with E-state index in [0.29, 0.717) is 0 Å². The molecule has 1 aromatic heterocycles. The highest BCUT2D eigenvalue weighted by Gasteiger charge is 2.19. The molecule has 0 aliphatic heterocycles. The van der Waals surface area contributed by atoms with Crippen LogP contribution in [0.25, 0.3) is 10.9 Å². The Morgan fingerprint density at radius 2 is 1.68 bits per heavy atom. The Balaban J connectivity index is 2.08. The fraction of sp³-hybridized carbons (Fsp3) is 0.529. The molecule has 0 atom stereocenters. The van der Waals surface area contributed by atoms with Crippen LogP contribution in [0.1, 0.15) is 32.3 Å². The second-order valence-electron chi connectivity index (χ2n) is 5.90. The standard InChI is InChI=1S/C17H27N2/c1-4-11-19(3,12-5-2)13-10-15-14-18-17-9-7-6-8-16(15)17/h6-9,14,18H,4-5,10-13H2,1-3H3/q+1. The van der Waals surface area contributed by atoms with Gasteiger partial charge in [-0.25, -0.2) is 0 Å². The van der Waals surface area contributed by atoms with E-state index in [-0.39, 0.29) is 0 Å². The third-order valence-corrected chi connectivity index (χ3v) is 4.12. The first-order valence-corrected chi connectivity index (χ1v) is 7.57. The van der Waals surface area contributed by atoms with Gasteiger partial charge in [-0.15, -0.1) is 0 Å². The van der Waals surface area contributed by atoms with Crippen LogP contribution >= 0.6 is 0 Å². The van der Waals surface area contributed by atoms with Crippen molar-refractivity contribution in [1.29, 1.82) is 0 Å². The fourth-order valence-corrected chi connectivity index (χ4v) is 3.14. The zero-order valence-corrected chi connectivity index (χ0v) is 12.6. The Kier molecular flexibility index (Phi) is 4.65. The minimum atomic E-state index is 1.17. The van der Waals surface area contributed by atoms with Crippen molar-refractivity contribution in [1.82, 2.24) is 4.98 Å². The van der Waals surface area contributed by atoms with Crippen LogP contribution in [0.5, 0.6) is 0 Å². The molecule has 0 saturated heterocycles. The number of fused-ring (bicyclic) bond motifs is 1. The molecule has 2 aromatic rings. The van der Waals surface area contributed by atoms with Crippen LogP contribution in [-0.2, 0) is 6.42 Å². The maximum atomic E-state index is 3.38. The lowest BCUT2D eigenvalue weighted by atomic mass is 10.1. The average Bonchev–Trinajstić information content (AvgIpc) is 2.80. The SMILES string of the molecule is CCC[N+](C)(CCC)CCc1c[nH]c2ccccc12. The minimum Gasteiger partial charge on any atom is -0.361 e. The van der Waals surface area contributed by atoms with Crippen molar-refractivity contribution < 1.29 is 4.48 Å². The summed E-state index contributed by atoms with van der Waals surface area (Å²) in [6, 6.07) is 8.61. The van der Waals surface area contributed by atoms with E-state index < -0.39 is 0 Å². The zero-order valence-electron chi connectivity index (χ0n) is 12.6. The molecule has 0 radical (unpaired) electrons. The van der Waals surface area contributed by atoms with Crippen molar-refractivity contribution in [2.24, 2.45) is 0 Å². The predicted molar refractivity (Wildman–Crippen MR) is 83.4 cm³/mol. The molecular formula is C17H27N2+. The first-order chi connectivity index (χ1) is 9.18. The van der Waals surface area contributed by atoms with Crippen molar-refractivity contribution in [3.05, 3.63) is 36.0 Å². The smallest absolute Gasteiger partial charge is 0.0826 e. The van der Waals surface area contributed by atoms with Gasteiger partial charge in [-0.2, -0.15) is 0 Å². The summed E-state index contributed by atoms with van der Waals surface area (Å²) < 4.78 is 1.20. The van der Waals surface area contributed by atoms with E-state index in [2.05, 4.69) is 56.3 Å². The Morgan fingerprint density at radius 3 is 2.37 bits per heavy atom. The molecule has 0 fully saturated rings. The van der Waals surface area contributed by atoms with Crippen LogP contribution in [0.4, 0.5) is 0 Å². The number of rotatable bonds is 7. The molecule has 0 unspecified atom stereocenters. The largest absolute Gasteiger partial charge is 0.361 e. The Hall–Kier alpha value is -1.28. The lowest BCUT2D eigenvalue weighted by Crippen LogP contribution is -2.46. The van der Waals surface area contributed by atoms with E-state index in [4.69, 9.17) is 0 Å². The van der Waals surface area contributed by atoms with Crippen LogP contribution < -0.4 is 0 Å². The fourth-order valence-electron chi connectivity index (χ4n) is 3.14. The number of para-hydroxylation sites is 1. The first kappa shape index (κ1) is 14.1. The lowest BCUT2D eigenvalue weighted by Gasteiger charge is -2.34. The van der Waals surface area contributed by atoms with Crippen LogP contribution in [0.3, 0.4) is 0 Å². The quantitative estimate of drug-likeness (QED) is 0.724. The van der Waals surface area contributed by atoms with Gasteiger partial charge in [0.25, 0.3) is 0 Å². The van der Waals surface area contributed by atoms with E-state index in [1.807, 2.05) is 0 Å². The summed E-state index contributed by atoms with van der Waals surface area (Å²) in [4.78, 5) is 3.38. The number of hydrogen-bond donors (Lipinski definition) is 1. The third-order valence-electron chi connectivity index (χ3n) is 4.12. The van der Waals surface area contributed by atoms with E-state index in [0.717, 1.165) is 0 Å². The van der Waals surface area contributed by atoms with Gasteiger partial charge >= 0.3 is 0 Å². The van der Waals surface area contributed by atoms with Crippen molar-refractivity contribution >= 4 is 10.9 Å². The van der Waals surface area contributed by atoms with Crippen LogP contribution in [0, 0.1) is 0 Å². The molecule has 0 bridgehead atoms. The highest BCUT2D eigenvalue weighted by Crippen LogP contribution is 2.19. The van der Waals surface area contributed by atoms with Gasteiger partial charge in [-0.05, 0) is 24.5 Å². The normalized spacial score (nSPS) is 12.2. The van der Waals surface area contributed by atoms with Crippen LogP contribution in [0.15, 0.2) is 30.5 Å². The van der Waals surface area contributed by atoms with E-state index in [1.54, 1.807) is 0 Å². The number of nitrogens with zero attached hydrogens (tertiary/aromatic N) is 1. The molecule has 1 heterocycles. The molecule has 1 aromatic carbocycles. The minimum absolute atomic E-state index is 1.17. The Labute approximate surface area is 117 Å². The highest BCUT2D eigenvalue weighted by molar-refractivity contribution is 5.82. The molecule has 0 amide bonds. The molecule has 0 spiro atoms. The zero-order chi connectivity index (χ0) is 13.7. The molecule has 0 aliphatic carbocycles. The van der Waals surface area contributed by atoms with Gasteiger partial charge in [0.1, 0.15) is 0 Å². The van der Waals surface area contributed by atoms with Gasteiger partial charge < -0.3 is 9.47 Å². The summed E-state index contributed by atoms with van der Waals surface area (Å²) >= 11 is 0. The lowest BCUT2D eigenvalue weighted by molar-refractivity contribution is -0.909. The number of aromatic amines is 1. The molecule has 0 aliphatic rings. The molecule has 2 rings (SSSR count). The summed E-state index contributed by atoms with van der Waals surface area (Å²) in [6.45, 7) is 8.39. The van der Waals surface area contributed by atoms with Crippen molar-refractivity contribution in [3.8, 4) is 0 Å². The second-order valence-corrected chi connectivity index (χ2v) is 5.90. The van der Waals surface area contributed by atoms with E-state index in [1.165, 1.54) is 59.8 Å². The predicted octanol–water partition coefficient (Wildman–Crippen LogP) is 3.98. The molecular weight excluding hydrogens is 232 g/mol. The van der Waals surface area contributed by atoms with Crippen molar-refractivity contribution in [2.45, 2.75) is 33.1 Å². The molecule has 2 nitrogen and oxygen atoms in total. The van der Waals surface area contributed by atoms with Crippen molar-refractivity contribution in [2.75, 3.05) is 26.7 Å². The van der Waals surface area contributed by atoms with Gasteiger partial charge in [0.05, 0.1) is 26.7 Å². The third kappa shape index (κ3) is 3.38. The number of H-pyrrole nitrogens is 1. The average molecular weight is 259 g/mol.